The first kappa shape index (κ1) is 14.3. The van der Waals surface area contributed by atoms with Crippen molar-refractivity contribution in [2.75, 3.05) is 37.6 Å². The van der Waals surface area contributed by atoms with E-state index in [1.165, 1.54) is 50.3 Å². The maximum Gasteiger partial charge on any atom is 0.0366 e. The first-order valence-electron chi connectivity index (χ1n) is 8.85. The smallest absolute Gasteiger partial charge is 0.0366 e. The molecular formula is C20H28N2. The number of hydrogen-bond acceptors (Lipinski definition) is 2. The molecule has 3 aliphatic rings. The molecule has 2 saturated heterocycles. The zero-order valence-electron chi connectivity index (χ0n) is 14.0. The van der Waals surface area contributed by atoms with Gasteiger partial charge in [0.1, 0.15) is 0 Å². The average Bonchev–Trinajstić information content (AvgIpc) is 2.94. The average molecular weight is 296 g/mol. The fourth-order valence-electron chi connectivity index (χ4n) is 4.68. The molecule has 0 radical (unpaired) electrons. The Kier molecular flexibility index (Phi) is 3.34. The van der Waals surface area contributed by atoms with Crippen LogP contribution in [0.25, 0.3) is 0 Å². The lowest BCUT2D eigenvalue weighted by Gasteiger charge is -2.22. The van der Waals surface area contributed by atoms with Crippen LogP contribution < -0.4 is 4.90 Å². The summed E-state index contributed by atoms with van der Waals surface area (Å²) in [6.45, 7) is 14.7. The molecule has 1 aromatic rings. The second-order valence-electron chi connectivity index (χ2n) is 7.71. The molecule has 2 nitrogen and oxygen atoms in total. The lowest BCUT2D eigenvalue weighted by Crippen LogP contribution is -2.26. The second kappa shape index (κ2) is 5.13. The molecule has 22 heavy (non-hydrogen) atoms. The largest absolute Gasteiger partial charge is 0.371 e. The van der Waals surface area contributed by atoms with Crippen molar-refractivity contribution in [1.29, 1.82) is 0 Å². The van der Waals surface area contributed by atoms with E-state index in [4.69, 9.17) is 0 Å². The number of likely N-dealkylation sites (N-methyl/N-ethyl adjacent to an activating group) is 1. The third-order valence-corrected chi connectivity index (χ3v) is 6.36. The molecule has 2 heterocycles. The van der Waals surface area contributed by atoms with Crippen molar-refractivity contribution >= 4 is 5.69 Å². The summed E-state index contributed by atoms with van der Waals surface area (Å²) in [5.41, 5.74) is 4.81. The van der Waals surface area contributed by atoms with E-state index < -0.39 is 0 Å². The summed E-state index contributed by atoms with van der Waals surface area (Å²) in [7, 11) is 0. The number of likely N-dealkylation sites (tertiary alicyclic amines) is 1. The maximum atomic E-state index is 4.13. The molecule has 0 spiro atoms. The number of fused-ring (bicyclic) bond motifs is 1. The molecule has 3 atom stereocenters. The van der Waals surface area contributed by atoms with Crippen molar-refractivity contribution in [3.8, 4) is 0 Å². The number of rotatable bonds is 4. The van der Waals surface area contributed by atoms with Crippen molar-refractivity contribution in [2.24, 2.45) is 11.8 Å². The van der Waals surface area contributed by atoms with Gasteiger partial charge in [0.15, 0.2) is 0 Å². The monoisotopic (exact) mass is 296 g/mol. The van der Waals surface area contributed by atoms with Gasteiger partial charge in [0.05, 0.1) is 0 Å². The normalized spacial score (nSPS) is 34.0. The van der Waals surface area contributed by atoms with Gasteiger partial charge in [-0.25, -0.2) is 0 Å². The Balaban J connectivity index is 1.47. The Bertz CT molecular complexity index is 576. The van der Waals surface area contributed by atoms with Gasteiger partial charge >= 0.3 is 0 Å². The van der Waals surface area contributed by atoms with Gasteiger partial charge in [-0.05, 0) is 55.8 Å². The first-order valence-corrected chi connectivity index (χ1v) is 8.85. The Labute approximate surface area is 134 Å². The summed E-state index contributed by atoms with van der Waals surface area (Å²) in [5, 5.41) is 0. The SMILES string of the molecule is C=C(C)C1CCN(c2ccc(C34CC3CN(CC)C4)cc2)C1. The number of piperidine rings is 1. The molecule has 1 saturated carbocycles. The molecule has 3 unspecified atom stereocenters. The minimum Gasteiger partial charge on any atom is -0.371 e. The number of hydrogen-bond donors (Lipinski definition) is 0. The fraction of sp³-hybridized carbons (Fsp3) is 0.600. The second-order valence-corrected chi connectivity index (χ2v) is 7.71. The lowest BCUT2D eigenvalue weighted by atomic mass is 9.94. The molecule has 4 rings (SSSR count). The van der Waals surface area contributed by atoms with E-state index in [2.05, 4.69) is 54.5 Å². The number of nitrogens with zero attached hydrogens (tertiary/aromatic N) is 2. The van der Waals surface area contributed by atoms with E-state index in [0.717, 1.165) is 12.5 Å². The molecule has 1 aliphatic carbocycles. The van der Waals surface area contributed by atoms with Crippen LogP contribution in [0.4, 0.5) is 5.69 Å². The van der Waals surface area contributed by atoms with Crippen LogP contribution in [0, 0.1) is 11.8 Å². The highest BCUT2D eigenvalue weighted by atomic mass is 15.2. The van der Waals surface area contributed by atoms with Crippen molar-refractivity contribution in [1.82, 2.24) is 4.90 Å². The molecule has 0 aromatic heterocycles. The maximum absolute atomic E-state index is 4.13. The van der Waals surface area contributed by atoms with E-state index in [9.17, 15) is 0 Å². The number of anilines is 1. The molecule has 118 valence electrons. The van der Waals surface area contributed by atoms with E-state index >= 15 is 0 Å². The summed E-state index contributed by atoms with van der Waals surface area (Å²) in [6, 6.07) is 9.52. The number of benzene rings is 1. The van der Waals surface area contributed by atoms with Gasteiger partial charge in [0.25, 0.3) is 0 Å². The van der Waals surface area contributed by atoms with Gasteiger partial charge in [-0.3, -0.25) is 0 Å². The standard InChI is InChI=1S/C20H28N2/c1-4-21-13-18-11-20(18,14-21)17-5-7-19(8-6-17)22-10-9-16(12-22)15(2)3/h5-8,16,18H,2,4,9-14H2,1,3H3. The van der Waals surface area contributed by atoms with Crippen LogP contribution >= 0.6 is 0 Å². The molecular weight excluding hydrogens is 268 g/mol. The first-order chi connectivity index (χ1) is 10.6. The van der Waals surface area contributed by atoms with Crippen molar-refractivity contribution in [3.63, 3.8) is 0 Å². The minimum atomic E-state index is 0.500. The van der Waals surface area contributed by atoms with Crippen molar-refractivity contribution in [2.45, 2.75) is 32.1 Å². The van der Waals surface area contributed by atoms with Gasteiger partial charge in [-0.2, -0.15) is 0 Å². The summed E-state index contributed by atoms with van der Waals surface area (Å²) in [5.74, 6) is 1.59. The molecule has 3 fully saturated rings. The van der Waals surface area contributed by atoms with E-state index in [0.29, 0.717) is 11.3 Å². The third-order valence-electron chi connectivity index (χ3n) is 6.36. The lowest BCUT2D eigenvalue weighted by molar-refractivity contribution is 0.314. The van der Waals surface area contributed by atoms with E-state index in [1.54, 1.807) is 5.56 Å². The quantitative estimate of drug-likeness (QED) is 0.782. The Morgan fingerprint density at radius 3 is 2.64 bits per heavy atom. The highest BCUT2D eigenvalue weighted by molar-refractivity contribution is 5.51. The van der Waals surface area contributed by atoms with Gasteiger partial charge in [-0.1, -0.05) is 31.2 Å². The van der Waals surface area contributed by atoms with Crippen LogP contribution in [0.15, 0.2) is 36.4 Å². The van der Waals surface area contributed by atoms with Crippen LogP contribution in [-0.4, -0.2) is 37.6 Å². The van der Waals surface area contributed by atoms with Gasteiger partial charge < -0.3 is 9.80 Å². The predicted molar refractivity (Wildman–Crippen MR) is 93.5 cm³/mol. The fourth-order valence-corrected chi connectivity index (χ4v) is 4.68. The third kappa shape index (κ3) is 2.20. The topological polar surface area (TPSA) is 6.48 Å². The molecule has 1 aromatic carbocycles. The molecule has 2 aliphatic heterocycles. The van der Waals surface area contributed by atoms with Crippen LogP contribution in [0.2, 0.25) is 0 Å². The van der Waals surface area contributed by atoms with E-state index in [1.807, 2.05) is 0 Å². The van der Waals surface area contributed by atoms with E-state index in [-0.39, 0.29) is 0 Å². The Hall–Kier alpha value is -1.28. The molecule has 2 heteroatoms. The van der Waals surface area contributed by atoms with Crippen LogP contribution in [0.3, 0.4) is 0 Å². The van der Waals surface area contributed by atoms with Crippen molar-refractivity contribution in [3.05, 3.63) is 42.0 Å². The zero-order chi connectivity index (χ0) is 15.3. The van der Waals surface area contributed by atoms with Gasteiger partial charge in [0, 0.05) is 37.3 Å². The Morgan fingerprint density at radius 1 is 1.27 bits per heavy atom. The van der Waals surface area contributed by atoms with Gasteiger partial charge in [-0.15, -0.1) is 0 Å². The van der Waals surface area contributed by atoms with Gasteiger partial charge in [0.2, 0.25) is 0 Å². The minimum absolute atomic E-state index is 0.500. The highest BCUT2D eigenvalue weighted by Gasteiger charge is 2.60. The summed E-state index contributed by atoms with van der Waals surface area (Å²) in [6.07, 6.45) is 2.67. The summed E-state index contributed by atoms with van der Waals surface area (Å²) < 4.78 is 0. The van der Waals surface area contributed by atoms with Crippen LogP contribution in [0.5, 0.6) is 0 Å². The summed E-state index contributed by atoms with van der Waals surface area (Å²) >= 11 is 0. The Morgan fingerprint density at radius 2 is 2.05 bits per heavy atom. The zero-order valence-corrected chi connectivity index (χ0v) is 14.0. The highest BCUT2D eigenvalue weighted by Crippen LogP contribution is 2.59. The van der Waals surface area contributed by atoms with Crippen molar-refractivity contribution < 1.29 is 0 Å². The molecule has 0 amide bonds. The summed E-state index contributed by atoms with van der Waals surface area (Å²) in [4.78, 5) is 5.14. The van der Waals surface area contributed by atoms with Crippen LogP contribution in [0.1, 0.15) is 32.3 Å². The molecule has 0 bridgehead atoms. The molecule has 0 N–H and O–H groups in total. The predicted octanol–water partition coefficient (Wildman–Crippen LogP) is 3.68. The van der Waals surface area contributed by atoms with Crippen LogP contribution in [-0.2, 0) is 5.41 Å².